The molecular formula is C23H24N2O2. The van der Waals surface area contributed by atoms with Crippen LogP contribution in [-0.4, -0.2) is 19.0 Å². The smallest absolute Gasteiger partial charge is 0.228 e. The third-order valence-corrected chi connectivity index (χ3v) is 4.20. The van der Waals surface area contributed by atoms with E-state index in [1.54, 1.807) is 4.90 Å². The number of nitrogens with one attached hydrogen (secondary N) is 1. The normalized spacial score (nSPS) is 10.3. The van der Waals surface area contributed by atoms with Crippen molar-refractivity contribution in [2.24, 2.45) is 0 Å². The second-order valence-corrected chi connectivity index (χ2v) is 6.06. The van der Waals surface area contributed by atoms with Gasteiger partial charge in [-0.25, -0.2) is 0 Å². The molecule has 0 aliphatic carbocycles. The second kappa shape index (κ2) is 9.43. The zero-order valence-corrected chi connectivity index (χ0v) is 15.5. The molecule has 0 fully saturated rings. The standard InChI is InChI=1S/C23H24N2O2/c1-2-25(19-11-5-3-6-12-19)23(26)17-18-24-21-15-9-10-16-22(21)27-20-13-7-4-8-14-20/h3-16,24H,2,17-18H2,1H3. The number of carbonyl (C=O) groups excluding carboxylic acids is 1. The lowest BCUT2D eigenvalue weighted by Crippen LogP contribution is -2.31. The van der Waals surface area contributed by atoms with E-state index in [1.807, 2.05) is 91.9 Å². The van der Waals surface area contributed by atoms with E-state index in [9.17, 15) is 4.79 Å². The molecule has 27 heavy (non-hydrogen) atoms. The lowest BCUT2D eigenvalue weighted by Gasteiger charge is -2.21. The number of para-hydroxylation sites is 4. The highest BCUT2D eigenvalue weighted by Crippen LogP contribution is 2.29. The second-order valence-electron chi connectivity index (χ2n) is 6.06. The van der Waals surface area contributed by atoms with E-state index in [4.69, 9.17) is 4.74 Å². The van der Waals surface area contributed by atoms with Crippen LogP contribution in [0.25, 0.3) is 0 Å². The predicted molar refractivity (Wildman–Crippen MR) is 111 cm³/mol. The lowest BCUT2D eigenvalue weighted by atomic mass is 10.2. The van der Waals surface area contributed by atoms with Gasteiger partial charge in [-0.1, -0.05) is 48.5 Å². The Morgan fingerprint density at radius 2 is 1.52 bits per heavy atom. The van der Waals surface area contributed by atoms with Crippen LogP contribution in [0.1, 0.15) is 13.3 Å². The van der Waals surface area contributed by atoms with E-state index in [1.165, 1.54) is 0 Å². The first-order valence-corrected chi connectivity index (χ1v) is 9.19. The van der Waals surface area contributed by atoms with Crippen LogP contribution >= 0.6 is 0 Å². The number of rotatable bonds is 8. The Morgan fingerprint density at radius 1 is 0.889 bits per heavy atom. The minimum Gasteiger partial charge on any atom is -0.455 e. The summed E-state index contributed by atoms with van der Waals surface area (Å²) in [6, 6.07) is 27.2. The van der Waals surface area contributed by atoms with Crippen LogP contribution in [0.3, 0.4) is 0 Å². The molecule has 1 N–H and O–H groups in total. The minimum absolute atomic E-state index is 0.0951. The fraction of sp³-hybridized carbons (Fsp3) is 0.174. The van der Waals surface area contributed by atoms with Gasteiger partial charge in [0.1, 0.15) is 5.75 Å². The molecule has 4 nitrogen and oxygen atoms in total. The molecule has 0 spiro atoms. The summed E-state index contributed by atoms with van der Waals surface area (Å²) in [6.45, 7) is 3.18. The van der Waals surface area contributed by atoms with Crippen molar-refractivity contribution < 1.29 is 9.53 Å². The SMILES string of the molecule is CCN(C(=O)CCNc1ccccc1Oc1ccccc1)c1ccccc1. The fourth-order valence-corrected chi connectivity index (χ4v) is 2.87. The molecule has 0 unspecified atom stereocenters. The van der Waals surface area contributed by atoms with Crippen molar-refractivity contribution in [1.82, 2.24) is 0 Å². The van der Waals surface area contributed by atoms with Gasteiger partial charge in [-0.05, 0) is 43.3 Å². The topological polar surface area (TPSA) is 41.6 Å². The molecule has 138 valence electrons. The van der Waals surface area contributed by atoms with E-state index in [-0.39, 0.29) is 5.91 Å². The number of anilines is 2. The van der Waals surface area contributed by atoms with Crippen LogP contribution in [0, 0.1) is 0 Å². The largest absolute Gasteiger partial charge is 0.455 e. The first kappa shape index (κ1) is 18.5. The van der Waals surface area contributed by atoms with Gasteiger partial charge in [-0.15, -0.1) is 0 Å². The van der Waals surface area contributed by atoms with Gasteiger partial charge in [-0.3, -0.25) is 4.79 Å². The van der Waals surface area contributed by atoms with E-state index in [2.05, 4.69) is 5.32 Å². The monoisotopic (exact) mass is 360 g/mol. The van der Waals surface area contributed by atoms with Crippen LogP contribution in [0.2, 0.25) is 0 Å². The van der Waals surface area contributed by atoms with Gasteiger partial charge in [0, 0.05) is 25.2 Å². The van der Waals surface area contributed by atoms with Gasteiger partial charge >= 0.3 is 0 Å². The number of hydrogen-bond donors (Lipinski definition) is 1. The lowest BCUT2D eigenvalue weighted by molar-refractivity contribution is -0.118. The average Bonchev–Trinajstić information content (AvgIpc) is 2.71. The molecule has 3 rings (SSSR count). The van der Waals surface area contributed by atoms with Crippen LogP contribution < -0.4 is 15.0 Å². The first-order chi connectivity index (χ1) is 13.3. The van der Waals surface area contributed by atoms with Crippen molar-refractivity contribution in [3.63, 3.8) is 0 Å². The Bertz CT molecular complexity index is 851. The van der Waals surface area contributed by atoms with Crippen molar-refractivity contribution in [3.05, 3.63) is 84.9 Å². The first-order valence-electron chi connectivity index (χ1n) is 9.19. The Labute approximate surface area is 160 Å². The summed E-state index contributed by atoms with van der Waals surface area (Å²) in [7, 11) is 0. The summed E-state index contributed by atoms with van der Waals surface area (Å²) in [4.78, 5) is 14.4. The van der Waals surface area contributed by atoms with Crippen molar-refractivity contribution in [2.75, 3.05) is 23.3 Å². The predicted octanol–water partition coefficient (Wildman–Crippen LogP) is 5.33. The van der Waals surface area contributed by atoms with Gasteiger partial charge in [-0.2, -0.15) is 0 Å². The zero-order chi connectivity index (χ0) is 18.9. The summed E-state index contributed by atoms with van der Waals surface area (Å²) in [5, 5.41) is 3.32. The van der Waals surface area contributed by atoms with Crippen LogP contribution in [-0.2, 0) is 4.79 Å². The summed E-state index contributed by atoms with van der Waals surface area (Å²) >= 11 is 0. The number of hydrogen-bond acceptors (Lipinski definition) is 3. The van der Waals surface area contributed by atoms with E-state index in [0.29, 0.717) is 19.5 Å². The van der Waals surface area contributed by atoms with Crippen LogP contribution in [0.15, 0.2) is 84.9 Å². The van der Waals surface area contributed by atoms with Gasteiger partial charge in [0.2, 0.25) is 5.91 Å². The molecule has 0 radical (unpaired) electrons. The van der Waals surface area contributed by atoms with Crippen molar-refractivity contribution in [1.29, 1.82) is 0 Å². The maximum absolute atomic E-state index is 12.6. The quantitative estimate of drug-likeness (QED) is 0.590. The molecular weight excluding hydrogens is 336 g/mol. The molecule has 0 saturated carbocycles. The summed E-state index contributed by atoms with van der Waals surface area (Å²) < 4.78 is 5.95. The molecule has 1 amide bonds. The van der Waals surface area contributed by atoms with Gasteiger partial charge in [0.25, 0.3) is 0 Å². The third kappa shape index (κ3) is 5.11. The number of ether oxygens (including phenoxy) is 1. The highest BCUT2D eigenvalue weighted by atomic mass is 16.5. The average molecular weight is 360 g/mol. The van der Waals surface area contributed by atoms with E-state index >= 15 is 0 Å². The van der Waals surface area contributed by atoms with Crippen molar-refractivity contribution >= 4 is 17.3 Å². The Balaban J connectivity index is 1.59. The van der Waals surface area contributed by atoms with Gasteiger partial charge < -0.3 is 15.0 Å². The van der Waals surface area contributed by atoms with Gasteiger partial charge in [0.15, 0.2) is 5.75 Å². The summed E-state index contributed by atoms with van der Waals surface area (Å²) in [6.07, 6.45) is 0.405. The molecule has 0 aliphatic heterocycles. The van der Waals surface area contributed by atoms with Crippen molar-refractivity contribution in [2.45, 2.75) is 13.3 Å². The Kier molecular flexibility index (Phi) is 6.47. The van der Waals surface area contributed by atoms with Crippen LogP contribution in [0.5, 0.6) is 11.5 Å². The molecule has 0 aliphatic rings. The van der Waals surface area contributed by atoms with Gasteiger partial charge in [0.05, 0.1) is 5.69 Å². The van der Waals surface area contributed by atoms with E-state index < -0.39 is 0 Å². The highest BCUT2D eigenvalue weighted by Gasteiger charge is 2.13. The maximum Gasteiger partial charge on any atom is 0.228 e. The summed E-state index contributed by atoms with van der Waals surface area (Å²) in [5.41, 5.74) is 1.80. The zero-order valence-electron chi connectivity index (χ0n) is 15.5. The number of amides is 1. The fourth-order valence-electron chi connectivity index (χ4n) is 2.87. The molecule has 0 atom stereocenters. The van der Waals surface area contributed by atoms with Crippen molar-refractivity contribution in [3.8, 4) is 11.5 Å². The van der Waals surface area contributed by atoms with E-state index in [0.717, 1.165) is 22.9 Å². The summed E-state index contributed by atoms with van der Waals surface area (Å²) in [5.74, 6) is 1.62. The highest BCUT2D eigenvalue weighted by molar-refractivity contribution is 5.93. The third-order valence-electron chi connectivity index (χ3n) is 4.20. The Hall–Kier alpha value is -3.27. The number of benzene rings is 3. The molecule has 3 aromatic carbocycles. The number of nitrogens with zero attached hydrogens (tertiary/aromatic N) is 1. The maximum atomic E-state index is 12.6. The molecule has 0 saturated heterocycles. The minimum atomic E-state index is 0.0951. The number of carbonyl (C=O) groups is 1. The van der Waals surface area contributed by atoms with Crippen LogP contribution in [0.4, 0.5) is 11.4 Å². The Morgan fingerprint density at radius 3 is 2.22 bits per heavy atom. The molecule has 0 heterocycles. The molecule has 3 aromatic rings. The molecule has 0 aromatic heterocycles. The molecule has 4 heteroatoms. The molecule has 0 bridgehead atoms.